The molecular formula is C17H25NO3. The number of rotatable bonds is 5. The first-order valence-corrected chi connectivity index (χ1v) is 7.75. The molecule has 0 aromatic heterocycles. The van der Waals surface area contributed by atoms with Crippen molar-refractivity contribution in [2.24, 2.45) is 0 Å². The summed E-state index contributed by atoms with van der Waals surface area (Å²) in [5.74, 6) is -0.114. The van der Waals surface area contributed by atoms with Crippen molar-refractivity contribution >= 4 is 5.91 Å². The van der Waals surface area contributed by atoms with Crippen molar-refractivity contribution in [2.45, 2.75) is 64.4 Å². The topological polar surface area (TPSA) is 58.6 Å². The highest BCUT2D eigenvalue weighted by atomic mass is 16.5. The van der Waals surface area contributed by atoms with Gasteiger partial charge in [0.05, 0.1) is 24.9 Å². The minimum absolute atomic E-state index is 0.114. The smallest absolute Gasteiger partial charge is 0.251 e. The third-order valence-electron chi connectivity index (χ3n) is 3.85. The van der Waals surface area contributed by atoms with Gasteiger partial charge in [-0.3, -0.25) is 4.79 Å². The monoisotopic (exact) mass is 291 g/mol. The molecule has 0 saturated heterocycles. The van der Waals surface area contributed by atoms with Crippen molar-refractivity contribution in [3.05, 3.63) is 35.4 Å². The molecule has 0 bridgehead atoms. The third-order valence-corrected chi connectivity index (χ3v) is 3.85. The molecule has 0 unspecified atom stereocenters. The van der Waals surface area contributed by atoms with E-state index in [0.29, 0.717) is 12.2 Å². The Morgan fingerprint density at radius 2 is 1.95 bits per heavy atom. The Morgan fingerprint density at radius 3 is 2.57 bits per heavy atom. The summed E-state index contributed by atoms with van der Waals surface area (Å²) in [6.07, 6.45) is 3.51. The third kappa shape index (κ3) is 4.83. The first-order valence-electron chi connectivity index (χ1n) is 7.75. The Kier molecular flexibility index (Phi) is 5.76. The number of aliphatic hydroxyl groups is 1. The Labute approximate surface area is 126 Å². The van der Waals surface area contributed by atoms with Crippen LogP contribution in [0.4, 0.5) is 0 Å². The number of carbonyl (C=O) groups excluding carboxylic acids is 1. The lowest BCUT2D eigenvalue weighted by molar-refractivity contribution is 0.0656. The molecule has 0 aliphatic heterocycles. The number of nitrogens with one attached hydrogen (secondary N) is 1. The largest absolute Gasteiger partial charge is 0.391 e. The zero-order valence-corrected chi connectivity index (χ0v) is 12.8. The molecule has 1 aromatic rings. The summed E-state index contributed by atoms with van der Waals surface area (Å²) in [4.78, 5) is 12.2. The van der Waals surface area contributed by atoms with Crippen molar-refractivity contribution < 1.29 is 14.6 Å². The van der Waals surface area contributed by atoms with E-state index in [4.69, 9.17) is 4.74 Å². The van der Waals surface area contributed by atoms with Crippen LogP contribution in [0.1, 0.15) is 55.5 Å². The second kappa shape index (κ2) is 7.57. The van der Waals surface area contributed by atoms with Crippen molar-refractivity contribution in [2.75, 3.05) is 0 Å². The van der Waals surface area contributed by atoms with Crippen LogP contribution >= 0.6 is 0 Å². The molecule has 4 heteroatoms. The summed E-state index contributed by atoms with van der Waals surface area (Å²) in [7, 11) is 0. The summed E-state index contributed by atoms with van der Waals surface area (Å²) >= 11 is 0. The van der Waals surface area contributed by atoms with Crippen LogP contribution in [-0.2, 0) is 11.3 Å². The van der Waals surface area contributed by atoms with E-state index in [2.05, 4.69) is 5.32 Å². The number of hydrogen-bond acceptors (Lipinski definition) is 3. The molecule has 1 saturated carbocycles. The molecule has 0 heterocycles. The second-order valence-corrected chi connectivity index (χ2v) is 5.99. The molecule has 1 amide bonds. The molecule has 21 heavy (non-hydrogen) atoms. The minimum atomic E-state index is -0.415. The molecule has 2 atom stereocenters. The fourth-order valence-electron chi connectivity index (χ4n) is 2.55. The van der Waals surface area contributed by atoms with Gasteiger partial charge in [0.1, 0.15) is 0 Å². The minimum Gasteiger partial charge on any atom is -0.391 e. The summed E-state index contributed by atoms with van der Waals surface area (Å²) in [6, 6.07) is 7.33. The van der Waals surface area contributed by atoms with Gasteiger partial charge in [0.2, 0.25) is 0 Å². The summed E-state index contributed by atoms with van der Waals surface area (Å²) in [5, 5.41) is 12.8. The Hall–Kier alpha value is -1.39. The van der Waals surface area contributed by atoms with Crippen LogP contribution in [0, 0.1) is 0 Å². The fraction of sp³-hybridized carbons (Fsp3) is 0.588. The van der Waals surface area contributed by atoms with Crippen LogP contribution in [0.3, 0.4) is 0 Å². The van der Waals surface area contributed by atoms with Gasteiger partial charge in [-0.1, -0.05) is 25.0 Å². The summed E-state index contributed by atoms with van der Waals surface area (Å²) in [6.45, 7) is 4.55. The van der Waals surface area contributed by atoms with Crippen molar-refractivity contribution in [1.82, 2.24) is 5.32 Å². The lowest BCUT2D eigenvalue weighted by Crippen LogP contribution is -2.45. The maximum Gasteiger partial charge on any atom is 0.251 e. The second-order valence-electron chi connectivity index (χ2n) is 5.99. The van der Waals surface area contributed by atoms with E-state index in [1.54, 1.807) is 0 Å². The predicted octanol–water partition coefficient (Wildman–Crippen LogP) is 2.64. The zero-order valence-electron chi connectivity index (χ0n) is 12.8. The van der Waals surface area contributed by atoms with Crippen LogP contribution in [0.15, 0.2) is 24.3 Å². The number of carbonyl (C=O) groups is 1. The first kappa shape index (κ1) is 16.0. The van der Waals surface area contributed by atoms with Gasteiger partial charge in [0, 0.05) is 5.56 Å². The molecular weight excluding hydrogens is 266 g/mol. The van der Waals surface area contributed by atoms with Crippen molar-refractivity contribution in [3.63, 3.8) is 0 Å². The summed E-state index contributed by atoms with van der Waals surface area (Å²) < 4.78 is 5.53. The Balaban J connectivity index is 1.90. The lowest BCUT2D eigenvalue weighted by Gasteiger charge is -2.28. The molecule has 1 fully saturated rings. The van der Waals surface area contributed by atoms with Crippen LogP contribution in [-0.4, -0.2) is 29.3 Å². The van der Waals surface area contributed by atoms with E-state index in [0.717, 1.165) is 31.2 Å². The van der Waals surface area contributed by atoms with Gasteiger partial charge < -0.3 is 15.2 Å². The van der Waals surface area contributed by atoms with Gasteiger partial charge in [-0.25, -0.2) is 0 Å². The number of ether oxygens (including phenoxy) is 1. The lowest BCUT2D eigenvalue weighted by atomic mass is 9.92. The number of benzene rings is 1. The maximum atomic E-state index is 12.2. The molecule has 0 radical (unpaired) electrons. The van der Waals surface area contributed by atoms with Gasteiger partial charge >= 0.3 is 0 Å². The maximum absolute atomic E-state index is 12.2. The van der Waals surface area contributed by atoms with Crippen molar-refractivity contribution in [3.8, 4) is 0 Å². The normalized spacial score (nSPS) is 22.3. The highest BCUT2D eigenvalue weighted by molar-refractivity contribution is 5.94. The van der Waals surface area contributed by atoms with Crippen LogP contribution in [0.25, 0.3) is 0 Å². The molecule has 2 rings (SSSR count). The Morgan fingerprint density at radius 1 is 1.29 bits per heavy atom. The predicted molar refractivity (Wildman–Crippen MR) is 82.1 cm³/mol. The SMILES string of the molecule is CC(C)OCc1ccc(C(=O)N[C@@H]2CCCC[C@H]2O)cc1. The molecule has 1 aliphatic rings. The van der Waals surface area contributed by atoms with E-state index in [9.17, 15) is 9.90 Å². The molecule has 4 nitrogen and oxygen atoms in total. The zero-order chi connectivity index (χ0) is 15.2. The molecule has 1 aromatic carbocycles. The van der Waals surface area contributed by atoms with E-state index in [1.165, 1.54) is 0 Å². The van der Waals surface area contributed by atoms with Crippen LogP contribution in [0.5, 0.6) is 0 Å². The van der Waals surface area contributed by atoms with E-state index < -0.39 is 6.10 Å². The molecule has 1 aliphatic carbocycles. The van der Waals surface area contributed by atoms with E-state index in [1.807, 2.05) is 38.1 Å². The van der Waals surface area contributed by atoms with Gasteiger partial charge in [0.25, 0.3) is 5.91 Å². The molecule has 0 spiro atoms. The number of amides is 1. The van der Waals surface area contributed by atoms with Gasteiger partial charge in [0.15, 0.2) is 0 Å². The highest BCUT2D eigenvalue weighted by Gasteiger charge is 2.24. The summed E-state index contributed by atoms with van der Waals surface area (Å²) in [5.41, 5.74) is 1.68. The quantitative estimate of drug-likeness (QED) is 0.877. The van der Waals surface area contributed by atoms with Crippen molar-refractivity contribution in [1.29, 1.82) is 0 Å². The molecule has 2 N–H and O–H groups in total. The van der Waals surface area contributed by atoms with E-state index in [-0.39, 0.29) is 18.1 Å². The van der Waals surface area contributed by atoms with E-state index >= 15 is 0 Å². The van der Waals surface area contributed by atoms with Gasteiger partial charge in [-0.05, 0) is 44.4 Å². The van der Waals surface area contributed by atoms with Gasteiger partial charge in [-0.15, -0.1) is 0 Å². The first-order chi connectivity index (χ1) is 10.1. The number of hydrogen-bond donors (Lipinski definition) is 2. The van der Waals surface area contributed by atoms with Gasteiger partial charge in [-0.2, -0.15) is 0 Å². The van der Waals surface area contributed by atoms with Crippen LogP contribution < -0.4 is 5.32 Å². The Bertz CT molecular complexity index is 456. The number of aliphatic hydroxyl groups excluding tert-OH is 1. The average molecular weight is 291 g/mol. The standard InChI is InChI=1S/C17H25NO3/c1-12(2)21-11-13-7-9-14(10-8-13)17(20)18-15-5-3-4-6-16(15)19/h7-10,12,15-16,19H,3-6,11H2,1-2H3,(H,18,20)/t15-,16-/m1/s1. The fourth-order valence-corrected chi connectivity index (χ4v) is 2.55. The average Bonchev–Trinajstić information content (AvgIpc) is 2.48. The molecule has 116 valence electrons. The highest BCUT2D eigenvalue weighted by Crippen LogP contribution is 2.19. The van der Waals surface area contributed by atoms with Crippen LogP contribution in [0.2, 0.25) is 0 Å².